The third-order valence-electron chi connectivity index (χ3n) is 4.31. The lowest BCUT2D eigenvalue weighted by Crippen LogP contribution is -2.16. The molecule has 2 unspecified atom stereocenters. The number of halogens is 2. The normalized spacial score (nSPS) is 20.3. The van der Waals surface area contributed by atoms with Crippen LogP contribution in [0.15, 0.2) is 18.2 Å². The maximum absolute atomic E-state index is 13.2. The first kappa shape index (κ1) is 16.7. The van der Waals surface area contributed by atoms with Crippen LogP contribution in [0.25, 0.3) is 0 Å². The van der Waals surface area contributed by atoms with E-state index in [-0.39, 0.29) is 28.4 Å². The number of nitrogens with zero attached hydrogens (tertiary/aromatic N) is 2. The monoisotopic (exact) mass is 352 g/mol. The molecular weight excluding hydrogens is 335 g/mol. The van der Waals surface area contributed by atoms with E-state index in [2.05, 4.69) is 10.4 Å². The average Bonchev–Trinajstić information content (AvgIpc) is 3.07. The summed E-state index contributed by atoms with van der Waals surface area (Å²) in [6, 6.07) is 3.93. The van der Waals surface area contributed by atoms with E-state index in [1.807, 2.05) is 0 Å². The van der Waals surface area contributed by atoms with Crippen LogP contribution >= 0.6 is 11.6 Å². The predicted molar refractivity (Wildman–Crippen MR) is 89.6 cm³/mol. The number of anilines is 2. The van der Waals surface area contributed by atoms with Crippen molar-refractivity contribution in [3.8, 4) is 0 Å². The van der Waals surface area contributed by atoms with Crippen LogP contribution in [-0.4, -0.2) is 26.9 Å². The summed E-state index contributed by atoms with van der Waals surface area (Å²) in [5.41, 5.74) is 7.24. The second-order valence-electron chi connectivity index (χ2n) is 6.02. The maximum atomic E-state index is 13.2. The van der Waals surface area contributed by atoms with Gasteiger partial charge in [0.2, 0.25) is 0 Å². The zero-order valence-electron chi connectivity index (χ0n) is 13.1. The Labute approximate surface area is 143 Å². The van der Waals surface area contributed by atoms with Gasteiger partial charge >= 0.3 is 0 Å². The standard InChI is InChI=1S/C16H18ClFN4O2/c1-22-15(19)13(14(21-22)8-2-4-10(23)6-8)16(24)20-9-3-5-12(18)11(17)7-9/h3,5,7-8,10,23H,2,4,6,19H2,1H3,(H,20,24). The Kier molecular flexibility index (Phi) is 4.47. The molecule has 1 amide bonds. The third-order valence-corrected chi connectivity index (χ3v) is 4.60. The number of amides is 1. The number of rotatable bonds is 3. The Morgan fingerprint density at radius 1 is 1.50 bits per heavy atom. The van der Waals surface area contributed by atoms with Gasteiger partial charge in [-0.3, -0.25) is 9.48 Å². The first-order valence-electron chi connectivity index (χ1n) is 7.63. The fourth-order valence-electron chi connectivity index (χ4n) is 3.05. The van der Waals surface area contributed by atoms with Crippen LogP contribution in [0.1, 0.15) is 41.2 Å². The minimum atomic E-state index is -0.559. The number of nitrogens with two attached hydrogens (primary N) is 1. The number of aryl methyl sites for hydroxylation is 1. The molecular formula is C16H18ClFN4O2. The smallest absolute Gasteiger partial charge is 0.261 e. The summed E-state index contributed by atoms with van der Waals surface area (Å²) in [6.07, 6.45) is 1.60. The van der Waals surface area contributed by atoms with Crippen molar-refractivity contribution in [1.29, 1.82) is 0 Å². The zero-order valence-corrected chi connectivity index (χ0v) is 13.8. The number of carbonyl (C=O) groups is 1. The van der Waals surface area contributed by atoms with Crippen LogP contribution in [0.5, 0.6) is 0 Å². The lowest BCUT2D eigenvalue weighted by Gasteiger charge is -2.10. The van der Waals surface area contributed by atoms with Crippen molar-refractivity contribution < 1.29 is 14.3 Å². The summed E-state index contributed by atoms with van der Waals surface area (Å²) < 4.78 is 14.7. The molecule has 1 heterocycles. The molecule has 1 aromatic carbocycles. The molecule has 1 aliphatic carbocycles. The van der Waals surface area contributed by atoms with E-state index in [0.29, 0.717) is 24.2 Å². The maximum Gasteiger partial charge on any atom is 0.261 e. The number of carbonyl (C=O) groups excluding carboxylic acids is 1. The Bertz CT molecular complexity index is 793. The second-order valence-corrected chi connectivity index (χ2v) is 6.42. The number of nitrogen functional groups attached to an aromatic ring is 1. The zero-order chi connectivity index (χ0) is 17.4. The third kappa shape index (κ3) is 3.09. The summed E-state index contributed by atoms with van der Waals surface area (Å²) >= 11 is 5.73. The SMILES string of the molecule is Cn1nc(C2CCC(O)C2)c(C(=O)Nc2ccc(F)c(Cl)c2)c1N. The molecule has 0 bridgehead atoms. The van der Waals surface area contributed by atoms with Crippen molar-refractivity contribution in [3.63, 3.8) is 0 Å². The van der Waals surface area contributed by atoms with Crippen molar-refractivity contribution in [2.24, 2.45) is 7.05 Å². The lowest BCUT2D eigenvalue weighted by atomic mass is 9.99. The molecule has 4 N–H and O–H groups in total. The molecule has 6 nitrogen and oxygen atoms in total. The molecule has 128 valence electrons. The largest absolute Gasteiger partial charge is 0.393 e. The van der Waals surface area contributed by atoms with E-state index in [1.54, 1.807) is 7.05 Å². The molecule has 0 aliphatic heterocycles. The lowest BCUT2D eigenvalue weighted by molar-refractivity contribution is 0.102. The molecule has 1 fully saturated rings. The molecule has 0 radical (unpaired) electrons. The first-order chi connectivity index (χ1) is 11.4. The van der Waals surface area contributed by atoms with Gasteiger partial charge in [-0.2, -0.15) is 5.10 Å². The van der Waals surface area contributed by atoms with Crippen LogP contribution in [0.3, 0.4) is 0 Å². The van der Waals surface area contributed by atoms with Gasteiger partial charge in [-0.05, 0) is 37.5 Å². The van der Waals surface area contributed by atoms with Gasteiger partial charge in [0.1, 0.15) is 17.2 Å². The minimum absolute atomic E-state index is 0.0129. The van der Waals surface area contributed by atoms with Crippen molar-refractivity contribution in [2.45, 2.75) is 31.3 Å². The van der Waals surface area contributed by atoms with Crippen LogP contribution < -0.4 is 11.1 Å². The summed E-state index contributed by atoms with van der Waals surface area (Å²) in [4.78, 5) is 12.7. The van der Waals surface area contributed by atoms with Crippen molar-refractivity contribution in [1.82, 2.24) is 9.78 Å². The van der Waals surface area contributed by atoms with E-state index < -0.39 is 11.7 Å². The van der Waals surface area contributed by atoms with E-state index in [1.165, 1.54) is 22.9 Å². The van der Waals surface area contributed by atoms with Crippen molar-refractivity contribution in [3.05, 3.63) is 40.3 Å². The van der Waals surface area contributed by atoms with Crippen LogP contribution in [0.4, 0.5) is 15.9 Å². The molecule has 24 heavy (non-hydrogen) atoms. The Morgan fingerprint density at radius 2 is 2.25 bits per heavy atom. The highest BCUT2D eigenvalue weighted by Gasteiger charge is 2.32. The molecule has 0 saturated heterocycles. The number of aliphatic hydroxyl groups is 1. The van der Waals surface area contributed by atoms with Gasteiger partial charge in [-0.25, -0.2) is 4.39 Å². The van der Waals surface area contributed by atoms with Gasteiger partial charge in [0.25, 0.3) is 5.91 Å². The fraction of sp³-hybridized carbons (Fsp3) is 0.375. The van der Waals surface area contributed by atoms with Gasteiger partial charge in [0.15, 0.2) is 0 Å². The number of nitrogens with one attached hydrogen (secondary N) is 1. The molecule has 3 rings (SSSR count). The predicted octanol–water partition coefficient (Wildman–Crippen LogP) is 2.68. The highest BCUT2D eigenvalue weighted by molar-refractivity contribution is 6.31. The second kappa shape index (κ2) is 6.41. The quantitative estimate of drug-likeness (QED) is 0.791. The van der Waals surface area contributed by atoms with Crippen molar-refractivity contribution in [2.75, 3.05) is 11.1 Å². The van der Waals surface area contributed by atoms with Crippen LogP contribution in [0.2, 0.25) is 5.02 Å². The Morgan fingerprint density at radius 3 is 2.88 bits per heavy atom. The van der Waals surface area contributed by atoms with Gasteiger partial charge in [0, 0.05) is 18.7 Å². The van der Waals surface area contributed by atoms with E-state index in [0.717, 1.165) is 6.42 Å². The number of benzene rings is 1. The number of aromatic nitrogens is 2. The summed E-state index contributed by atoms with van der Waals surface area (Å²) in [6.45, 7) is 0. The number of hydrogen-bond acceptors (Lipinski definition) is 4. The molecule has 0 spiro atoms. The van der Waals surface area contributed by atoms with Crippen LogP contribution in [-0.2, 0) is 7.05 Å². The molecule has 1 aromatic heterocycles. The Hall–Kier alpha value is -2.12. The van der Waals surface area contributed by atoms with Crippen molar-refractivity contribution >= 4 is 29.0 Å². The highest BCUT2D eigenvalue weighted by atomic mass is 35.5. The Balaban J connectivity index is 1.90. The average molecular weight is 353 g/mol. The van der Waals surface area contributed by atoms with Crippen LogP contribution in [0, 0.1) is 5.82 Å². The minimum Gasteiger partial charge on any atom is -0.393 e. The summed E-state index contributed by atoms with van der Waals surface area (Å²) in [5, 5.41) is 16.7. The first-order valence-corrected chi connectivity index (χ1v) is 8.01. The molecule has 2 atom stereocenters. The highest BCUT2D eigenvalue weighted by Crippen LogP contribution is 2.37. The number of aliphatic hydroxyl groups excluding tert-OH is 1. The summed E-state index contributed by atoms with van der Waals surface area (Å²) in [7, 11) is 1.66. The molecule has 2 aromatic rings. The molecule has 1 aliphatic rings. The van der Waals surface area contributed by atoms with E-state index in [9.17, 15) is 14.3 Å². The van der Waals surface area contributed by atoms with Gasteiger partial charge < -0.3 is 16.2 Å². The van der Waals surface area contributed by atoms with Gasteiger partial charge in [-0.15, -0.1) is 0 Å². The van der Waals surface area contributed by atoms with Gasteiger partial charge in [-0.1, -0.05) is 11.6 Å². The van der Waals surface area contributed by atoms with E-state index >= 15 is 0 Å². The molecule has 8 heteroatoms. The van der Waals surface area contributed by atoms with E-state index in [4.69, 9.17) is 17.3 Å². The topological polar surface area (TPSA) is 93.2 Å². The summed E-state index contributed by atoms with van der Waals surface area (Å²) in [5.74, 6) is -0.756. The molecule has 1 saturated carbocycles. The number of hydrogen-bond donors (Lipinski definition) is 3. The fourth-order valence-corrected chi connectivity index (χ4v) is 3.23. The van der Waals surface area contributed by atoms with Gasteiger partial charge in [0.05, 0.1) is 16.8 Å².